The summed E-state index contributed by atoms with van der Waals surface area (Å²) in [6.07, 6.45) is 4.24. The molecule has 0 radical (unpaired) electrons. The van der Waals surface area contributed by atoms with Crippen LogP contribution in [0.2, 0.25) is 10.0 Å². The van der Waals surface area contributed by atoms with Crippen molar-refractivity contribution >= 4 is 57.6 Å². The molecular formula is C40H44Cl2N8O. The van der Waals surface area contributed by atoms with E-state index in [0.29, 0.717) is 23.9 Å². The Bertz CT molecular complexity index is 1930. The lowest BCUT2D eigenvalue weighted by Gasteiger charge is -2.52. The van der Waals surface area contributed by atoms with Gasteiger partial charge < -0.3 is 30.9 Å². The number of benzene rings is 4. The quantitative estimate of drug-likeness (QED) is 0.120. The van der Waals surface area contributed by atoms with Crippen molar-refractivity contribution in [3.8, 4) is 5.75 Å². The largest absolute Gasteiger partial charge is 0.490 e. The van der Waals surface area contributed by atoms with E-state index >= 15 is 0 Å². The molecule has 9 nitrogen and oxygen atoms in total. The molecule has 0 aromatic heterocycles. The Kier molecular flexibility index (Phi) is 9.79. The molecule has 8 rings (SSSR count). The van der Waals surface area contributed by atoms with Gasteiger partial charge in [-0.25, -0.2) is 4.99 Å². The molecule has 51 heavy (non-hydrogen) atoms. The Morgan fingerprint density at radius 2 is 1.45 bits per heavy atom. The molecule has 0 amide bonds. The number of hydrogen-bond donors (Lipinski definition) is 5. The third-order valence-corrected chi connectivity index (χ3v) is 11.2. The number of amidine groups is 2. The summed E-state index contributed by atoms with van der Waals surface area (Å²) < 4.78 is 6.04. The van der Waals surface area contributed by atoms with Crippen LogP contribution in [0.3, 0.4) is 0 Å². The second kappa shape index (κ2) is 14.8. The van der Waals surface area contributed by atoms with Crippen LogP contribution >= 0.6 is 23.2 Å². The minimum atomic E-state index is -0.445. The molecule has 2 saturated heterocycles. The molecule has 4 heterocycles. The SMILES string of the molecule is Clc1ccccc1CCN(C1=Nc2ccccc2NC12CCNCC2)C1CC2(CCN1)Nc1ccccc1NC2=NCCOc1ccccc1Cl. The fourth-order valence-corrected chi connectivity index (χ4v) is 8.36. The van der Waals surface area contributed by atoms with E-state index in [0.717, 1.165) is 103 Å². The van der Waals surface area contributed by atoms with E-state index in [9.17, 15) is 0 Å². The smallest absolute Gasteiger partial charge is 0.137 e. The minimum Gasteiger partial charge on any atom is -0.490 e. The summed E-state index contributed by atoms with van der Waals surface area (Å²) in [7, 11) is 0. The molecule has 2 fully saturated rings. The average Bonchev–Trinajstić information content (AvgIpc) is 3.15. The summed E-state index contributed by atoms with van der Waals surface area (Å²) in [4.78, 5) is 13.2. The van der Waals surface area contributed by atoms with E-state index in [1.54, 1.807) is 0 Å². The number of aliphatic imine (C=N–C) groups is 2. The molecule has 264 valence electrons. The third kappa shape index (κ3) is 7.00. The number of rotatable bonds is 8. The number of para-hydroxylation sites is 5. The molecule has 2 unspecified atom stereocenters. The Morgan fingerprint density at radius 3 is 2.27 bits per heavy atom. The van der Waals surface area contributed by atoms with E-state index in [1.165, 1.54) is 0 Å². The lowest BCUT2D eigenvalue weighted by molar-refractivity contribution is 0.182. The van der Waals surface area contributed by atoms with Crippen LogP contribution in [0.1, 0.15) is 31.2 Å². The van der Waals surface area contributed by atoms with Gasteiger partial charge in [0.25, 0.3) is 0 Å². The van der Waals surface area contributed by atoms with E-state index in [2.05, 4.69) is 92.1 Å². The van der Waals surface area contributed by atoms with Gasteiger partial charge in [0.15, 0.2) is 0 Å². The molecule has 0 bridgehead atoms. The van der Waals surface area contributed by atoms with Gasteiger partial charge in [0, 0.05) is 18.0 Å². The maximum Gasteiger partial charge on any atom is 0.137 e. The van der Waals surface area contributed by atoms with Crippen LogP contribution in [0, 0.1) is 0 Å². The monoisotopic (exact) mass is 722 g/mol. The fraction of sp³-hybridized carbons (Fsp3) is 0.350. The second-order valence-electron chi connectivity index (χ2n) is 13.8. The maximum absolute atomic E-state index is 6.74. The van der Waals surface area contributed by atoms with E-state index in [4.69, 9.17) is 37.9 Å². The predicted molar refractivity (Wildman–Crippen MR) is 211 cm³/mol. The number of piperidine rings is 2. The molecule has 2 atom stereocenters. The van der Waals surface area contributed by atoms with Gasteiger partial charge >= 0.3 is 0 Å². The first kappa shape index (κ1) is 33.8. The Labute approximate surface area is 309 Å². The topological polar surface area (TPSA) is 97.3 Å². The summed E-state index contributed by atoms with van der Waals surface area (Å²) >= 11 is 13.1. The normalized spacial score (nSPS) is 22.6. The highest BCUT2D eigenvalue weighted by Gasteiger charge is 2.49. The van der Waals surface area contributed by atoms with Gasteiger partial charge in [-0.05, 0) is 93.3 Å². The molecule has 2 spiro atoms. The Balaban J connectivity index is 1.15. The van der Waals surface area contributed by atoms with Crippen molar-refractivity contribution in [1.29, 1.82) is 0 Å². The van der Waals surface area contributed by atoms with Crippen LogP contribution in [0.4, 0.5) is 22.7 Å². The summed E-state index contributed by atoms with van der Waals surface area (Å²) in [5, 5.41) is 20.6. The lowest BCUT2D eigenvalue weighted by Crippen LogP contribution is -2.68. The summed E-state index contributed by atoms with van der Waals surface area (Å²) in [6.45, 7) is 4.28. The highest BCUT2D eigenvalue weighted by molar-refractivity contribution is 6.32. The number of nitrogens with zero attached hydrogens (tertiary/aromatic N) is 3. The first-order chi connectivity index (χ1) is 25.0. The van der Waals surface area contributed by atoms with Crippen LogP contribution in [0.15, 0.2) is 107 Å². The molecule has 4 aromatic carbocycles. The maximum atomic E-state index is 6.74. The van der Waals surface area contributed by atoms with Crippen molar-refractivity contribution in [1.82, 2.24) is 15.5 Å². The van der Waals surface area contributed by atoms with Gasteiger partial charge in [0.1, 0.15) is 24.0 Å². The second-order valence-corrected chi connectivity index (χ2v) is 14.6. The standard InChI is InChI=1S/C40H44Cl2N8O/c41-29-10-2-1-9-28(29)17-25-50(38-39(18-21-43-22-19-39)48-34-15-7-5-13-32(34)47-38)36-27-40(20-23-44-36)37(46-31-12-4-6-14-33(31)49-40)45-24-26-51-35-16-8-3-11-30(35)42/h1-16,36,43-44,48-49H,17-27H2,(H,45,46). The zero-order valence-corrected chi connectivity index (χ0v) is 30.1. The van der Waals surface area contributed by atoms with Crippen LogP contribution in [-0.4, -0.2) is 73.1 Å². The zero-order chi connectivity index (χ0) is 34.7. The summed E-state index contributed by atoms with van der Waals surface area (Å²) in [5.41, 5.74) is 4.54. The van der Waals surface area contributed by atoms with Crippen LogP contribution in [0.5, 0.6) is 5.75 Å². The van der Waals surface area contributed by atoms with Gasteiger partial charge in [-0.1, -0.05) is 77.8 Å². The summed E-state index contributed by atoms with van der Waals surface area (Å²) in [5.74, 6) is 2.67. The summed E-state index contributed by atoms with van der Waals surface area (Å²) in [6, 6.07) is 32.5. The van der Waals surface area contributed by atoms with E-state index < -0.39 is 5.54 Å². The fourth-order valence-electron chi connectivity index (χ4n) is 7.94. The first-order valence-electron chi connectivity index (χ1n) is 18.0. The predicted octanol–water partition coefficient (Wildman–Crippen LogP) is 7.58. The molecule has 0 aliphatic carbocycles. The van der Waals surface area contributed by atoms with Crippen LogP contribution in [-0.2, 0) is 6.42 Å². The zero-order valence-electron chi connectivity index (χ0n) is 28.6. The number of anilines is 3. The van der Waals surface area contributed by atoms with Crippen molar-refractivity contribution < 1.29 is 4.74 Å². The first-order valence-corrected chi connectivity index (χ1v) is 18.7. The number of fused-ring (bicyclic) bond motifs is 2. The van der Waals surface area contributed by atoms with Gasteiger partial charge in [-0.3, -0.25) is 10.3 Å². The van der Waals surface area contributed by atoms with E-state index in [1.807, 2.05) is 36.4 Å². The molecule has 5 N–H and O–H groups in total. The van der Waals surface area contributed by atoms with Gasteiger partial charge in [-0.2, -0.15) is 0 Å². The molecule has 0 saturated carbocycles. The lowest BCUT2D eigenvalue weighted by atomic mass is 9.80. The highest BCUT2D eigenvalue weighted by Crippen LogP contribution is 2.42. The Morgan fingerprint density at radius 1 is 0.765 bits per heavy atom. The highest BCUT2D eigenvalue weighted by atomic mass is 35.5. The number of nitrogens with one attached hydrogen (secondary N) is 5. The van der Waals surface area contributed by atoms with Gasteiger partial charge in [-0.15, -0.1) is 0 Å². The number of hydrogen-bond acceptors (Lipinski definition) is 8. The molecule has 4 aromatic rings. The molecule has 4 aliphatic heterocycles. The van der Waals surface area contributed by atoms with Crippen molar-refractivity contribution in [2.45, 2.75) is 49.3 Å². The molecule has 4 aliphatic rings. The third-order valence-electron chi connectivity index (χ3n) is 10.6. The average molecular weight is 724 g/mol. The molecular weight excluding hydrogens is 679 g/mol. The van der Waals surface area contributed by atoms with Crippen molar-refractivity contribution in [3.05, 3.63) is 113 Å². The van der Waals surface area contributed by atoms with Crippen molar-refractivity contribution in [3.63, 3.8) is 0 Å². The van der Waals surface area contributed by atoms with E-state index in [-0.39, 0.29) is 11.7 Å². The molecule has 11 heteroatoms. The minimum absolute atomic E-state index is 0.0389. The van der Waals surface area contributed by atoms with Gasteiger partial charge in [0.05, 0.1) is 51.6 Å². The van der Waals surface area contributed by atoms with Crippen molar-refractivity contribution in [2.75, 3.05) is 55.3 Å². The number of ether oxygens (including phenoxy) is 1. The number of halogens is 2. The van der Waals surface area contributed by atoms with Crippen molar-refractivity contribution in [2.24, 2.45) is 9.98 Å². The van der Waals surface area contributed by atoms with Crippen LogP contribution in [0.25, 0.3) is 0 Å². The van der Waals surface area contributed by atoms with Crippen LogP contribution < -0.4 is 31.3 Å². The van der Waals surface area contributed by atoms with Gasteiger partial charge in [0.2, 0.25) is 0 Å². The Hall–Kier alpha value is -4.28.